The number of hydrogen-bond acceptors (Lipinski definition) is 6. The third kappa shape index (κ3) is 2.44. The van der Waals surface area contributed by atoms with E-state index in [4.69, 9.17) is 10.5 Å². The van der Waals surface area contributed by atoms with Crippen LogP contribution in [0.15, 0.2) is 22.0 Å². The zero-order valence-corrected chi connectivity index (χ0v) is 10.9. The van der Waals surface area contributed by atoms with Gasteiger partial charge in [-0.05, 0) is 12.1 Å². The van der Waals surface area contributed by atoms with Gasteiger partial charge in [0.05, 0.1) is 22.4 Å². The van der Waals surface area contributed by atoms with Crippen molar-refractivity contribution in [3.8, 4) is 12.1 Å². The molecule has 0 spiro atoms. The van der Waals surface area contributed by atoms with Gasteiger partial charge in [0.2, 0.25) is 5.71 Å². The first-order valence-electron chi connectivity index (χ1n) is 5.62. The maximum absolute atomic E-state index is 11.3. The number of nitrogens with zero attached hydrogens (tertiary/aromatic N) is 4. The minimum atomic E-state index is -0.305. The second-order valence-electron chi connectivity index (χ2n) is 4.18. The summed E-state index contributed by atoms with van der Waals surface area (Å²) in [5, 5.41) is 21.0. The molecule has 0 fully saturated rings. The number of benzene rings is 1. The molecule has 8 heteroatoms. The Bertz CT molecular complexity index is 797. The van der Waals surface area contributed by atoms with Crippen LogP contribution in [0.4, 0.5) is 11.4 Å². The van der Waals surface area contributed by atoms with E-state index in [0.717, 1.165) is 5.69 Å². The SMILES string of the molecule is CN(C)c1cc2[nH]c(=O)[nH]c2cc1NN=C(C#N)C#N. The molecule has 0 saturated carbocycles. The summed E-state index contributed by atoms with van der Waals surface area (Å²) < 4.78 is 0. The van der Waals surface area contributed by atoms with E-state index in [2.05, 4.69) is 20.5 Å². The number of aromatic nitrogens is 2. The fourth-order valence-electron chi connectivity index (χ4n) is 1.72. The van der Waals surface area contributed by atoms with Gasteiger partial charge in [0, 0.05) is 14.1 Å². The highest BCUT2D eigenvalue weighted by Gasteiger charge is 2.09. The van der Waals surface area contributed by atoms with Crippen LogP contribution < -0.4 is 16.0 Å². The van der Waals surface area contributed by atoms with Crippen LogP contribution in [0.5, 0.6) is 0 Å². The molecule has 20 heavy (non-hydrogen) atoms. The highest BCUT2D eigenvalue weighted by Crippen LogP contribution is 2.28. The fourth-order valence-corrected chi connectivity index (χ4v) is 1.72. The van der Waals surface area contributed by atoms with Crippen LogP contribution in [0.2, 0.25) is 0 Å². The number of H-pyrrole nitrogens is 2. The highest BCUT2D eigenvalue weighted by molar-refractivity contribution is 6.10. The summed E-state index contributed by atoms with van der Waals surface area (Å²) in [5.41, 5.74) is 4.67. The molecule has 0 aliphatic heterocycles. The van der Waals surface area contributed by atoms with Gasteiger partial charge >= 0.3 is 5.69 Å². The lowest BCUT2D eigenvalue weighted by molar-refractivity contribution is 1.13. The Hall–Kier alpha value is -3.26. The van der Waals surface area contributed by atoms with E-state index in [9.17, 15) is 4.79 Å². The number of fused-ring (bicyclic) bond motifs is 1. The summed E-state index contributed by atoms with van der Waals surface area (Å²) in [5.74, 6) is 0. The molecule has 0 amide bonds. The highest BCUT2D eigenvalue weighted by atomic mass is 16.1. The summed E-state index contributed by atoms with van der Waals surface area (Å²) in [4.78, 5) is 18.4. The molecule has 2 rings (SSSR count). The molecule has 0 aliphatic rings. The normalized spacial score (nSPS) is 9.60. The van der Waals surface area contributed by atoms with Gasteiger partial charge in [-0.3, -0.25) is 5.43 Å². The average Bonchev–Trinajstić information content (AvgIpc) is 2.77. The van der Waals surface area contributed by atoms with Crippen molar-refractivity contribution >= 4 is 28.1 Å². The molecule has 0 saturated heterocycles. The van der Waals surface area contributed by atoms with Crippen molar-refractivity contribution in [3.05, 3.63) is 22.6 Å². The van der Waals surface area contributed by atoms with Crippen molar-refractivity contribution in [2.75, 3.05) is 24.4 Å². The van der Waals surface area contributed by atoms with E-state index in [1.807, 2.05) is 19.0 Å². The Morgan fingerprint density at radius 2 is 1.85 bits per heavy atom. The standard InChI is InChI=1S/C12H11N7O/c1-19(2)11-4-9-8(15-12(20)16-9)3-10(11)18-17-7(5-13)6-14/h3-4,18H,1-2H3,(H2,15,16,20). The largest absolute Gasteiger partial charge is 0.376 e. The van der Waals surface area contributed by atoms with E-state index in [-0.39, 0.29) is 11.4 Å². The van der Waals surface area contributed by atoms with Crippen molar-refractivity contribution in [2.45, 2.75) is 0 Å². The van der Waals surface area contributed by atoms with Crippen molar-refractivity contribution in [2.24, 2.45) is 5.10 Å². The molecule has 0 bridgehead atoms. The number of aromatic amines is 2. The van der Waals surface area contributed by atoms with Gasteiger partial charge in [0.15, 0.2) is 0 Å². The van der Waals surface area contributed by atoms with Gasteiger partial charge in [-0.2, -0.15) is 15.6 Å². The number of anilines is 2. The van der Waals surface area contributed by atoms with Crippen molar-refractivity contribution < 1.29 is 0 Å². The first-order valence-corrected chi connectivity index (χ1v) is 5.62. The fraction of sp³-hybridized carbons (Fsp3) is 0.167. The number of hydrazone groups is 1. The first-order chi connectivity index (χ1) is 9.55. The van der Waals surface area contributed by atoms with Crippen LogP contribution in [0.3, 0.4) is 0 Å². The molecule has 3 N–H and O–H groups in total. The summed E-state index contributed by atoms with van der Waals surface area (Å²) in [6, 6.07) is 6.77. The van der Waals surface area contributed by atoms with Crippen LogP contribution in [0.1, 0.15) is 0 Å². The number of nitrogens with one attached hydrogen (secondary N) is 3. The zero-order chi connectivity index (χ0) is 14.7. The molecular formula is C12H11N7O. The molecule has 1 aromatic carbocycles. The maximum atomic E-state index is 11.3. The quantitative estimate of drug-likeness (QED) is 0.560. The van der Waals surface area contributed by atoms with E-state index in [1.165, 1.54) is 0 Å². The van der Waals surface area contributed by atoms with Gasteiger partial charge < -0.3 is 14.9 Å². The lowest BCUT2D eigenvalue weighted by atomic mass is 10.2. The van der Waals surface area contributed by atoms with Gasteiger partial charge in [0.1, 0.15) is 12.1 Å². The van der Waals surface area contributed by atoms with Gasteiger partial charge in [-0.15, -0.1) is 0 Å². The molecule has 0 aliphatic carbocycles. The van der Waals surface area contributed by atoms with Gasteiger partial charge in [-0.25, -0.2) is 4.79 Å². The van der Waals surface area contributed by atoms with Gasteiger partial charge in [-0.1, -0.05) is 0 Å². The van der Waals surface area contributed by atoms with E-state index >= 15 is 0 Å². The lowest BCUT2D eigenvalue weighted by Gasteiger charge is -2.16. The third-order valence-corrected chi connectivity index (χ3v) is 2.61. The molecule has 0 atom stereocenters. The number of hydrogen-bond donors (Lipinski definition) is 3. The monoisotopic (exact) mass is 269 g/mol. The van der Waals surface area contributed by atoms with Crippen molar-refractivity contribution in [3.63, 3.8) is 0 Å². The summed E-state index contributed by atoms with van der Waals surface area (Å²) in [6.45, 7) is 0. The smallest absolute Gasteiger partial charge is 0.323 e. The predicted octanol–water partition coefficient (Wildman–Crippen LogP) is 0.737. The van der Waals surface area contributed by atoms with E-state index in [1.54, 1.807) is 24.3 Å². The molecule has 1 heterocycles. The lowest BCUT2D eigenvalue weighted by Crippen LogP contribution is -2.11. The van der Waals surface area contributed by atoms with Crippen molar-refractivity contribution in [1.29, 1.82) is 10.5 Å². The van der Waals surface area contributed by atoms with Crippen LogP contribution in [0, 0.1) is 22.7 Å². The van der Waals surface area contributed by atoms with Crippen LogP contribution >= 0.6 is 0 Å². The second-order valence-corrected chi connectivity index (χ2v) is 4.18. The Labute approximate surface area is 113 Å². The Kier molecular flexibility index (Phi) is 3.40. The molecule has 1 aromatic heterocycles. The summed E-state index contributed by atoms with van der Waals surface area (Å²) in [7, 11) is 3.66. The van der Waals surface area contributed by atoms with E-state index in [0.29, 0.717) is 16.7 Å². The zero-order valence-electron chi connectivity index (χ0n) is 10.9. The van der Waals surface area contributed by atoms with Crippen LogP contribution in [-0.2, 0) is 0 Å². The molecule has 0 unspecified atom stereocenters. The molecule has 8 nitrogen and oxygen atoms in total. The Morgan fingerprint density at radius 3 is 2.40 bits per heavy atom. The first kappa shape index (κ1) is 13.2. The molecule has 0 radical (unpaired) electrons. The van der Waals surface area contributed by atoms with Crippen LogP contribution in [-0.4, -0.2) is 29.8 Å². The minimum absolute atomic E-state index is 0.280. The Morgan fingerprint density at radius 1 is 1.25 bits per heavy atom. The van der Waals surface area contributed by atoms with Gasteiger partial charge in [0.25, 0.3) is 0 Å². The second kappa shape index (κ2) is 5.16. The third-order valence-electron chi connectivity index (χ3n) is 2.61. The van der Waals surface area contributed by atoms with Crippen molar-refractivity contribution in [1.82, 2.24) is 9.97 Å². The number of rotatable bonds is 3. The Balaban J connectivity index is 2.53. The maximum Gasteiger partial charge on any atom is 0.323 e. The predicted molar refractivity (Wildman–Crippen MR) is 75.5 cm³/mol. The minimum Gasteiger partial charge on any atom is -0.376 e. The number of imidazole rings is 1. The molecular weight excluding hydrogens is 258 g/mol. The van der Waals surface area contributed by atoms with E-state index < -0.39 is 0 Å². The molecule has 100 valence electrons. The van der Waals surface area contributed by atoms with Crippen LogP contribution in [0.25, 0.3) is 11.0 Å². The summed E-state index contributed by atoms with van der Waals surface area (Å²) >= 11 is 0. The number of nitriles is 2. The summed E-state index contributed by atoms with van der Waals surface area (Å²) in [6.07, 6.45) is 0. The molecule has 2 aromatic rings. The average molecular weight is 269 g/mol. The topological polar surface area (TPSA) is 124 Å².